The van der Waals surface area contributed by atoms with E-state index in [2.05, 4.69) is 15.7 Å². The van der Waals surface area contributed by atoms with Crippen molar-refractivity contribution in [1.82, 2.24) is 9.78 Å². The molecule has 9 nitrogen and oxygen atoms in total. The van der Waals surface area contributed by atoms with E-state index in [4.69, 9.17) is 11.6 Å². The van der Waals surface area contributed by atoms with Crippen LogP contribution in [0.15, 0.2) is 42.5 Å². The Kier molecular flexibility index (Phi) is 6.36. The van der Waals surface area contributed by atoms with Crippen LogP contribution in [-0.2, 0) is 11.3 Å². The van der Waals surface area contributed by atoms with E-state index in [0.29, 0.717) is 39.9 Å². The summed E-state index contributed by atoms with van der Waals surface area (Å²) >= 11 is 6.13. The molecule has 1 heterocycles. The number of carbonyl (C=O) groups excluding carboxylic acids is 2. The fourth-order valence-electron chi connectivity index (χ4n) is 3.13. The van der Waals surface area contributed by atoms with E-state index in [1.807, 2.05) is 0 Å². The number of aryl methyl sites for hydroxylation is 1. The first kappa shape index (κ1) is 22.0. The SMILES string of the molecule is CC(=O)Nc1ccc(NC(=O)c2ccc(Cn3nc(C)c([N+](=O)[O-])c3C)cc2)cc1Cl. The fraction of sp³-hybridized carbons (Fsp3) is 0.190. The first-order valence-corrected chi connectivity index (χ1v) is 9.69. The molecule has 2 amide bonds. The van der Waals surface area contributed by atoms with E-state index < -0.39 is 4.92 Å². The largest absolute Gasteiger partial charge is 0.325 e. The molecule has 0 spiro atoms. The van der Waals surface area contributed by atoms with Crippen LogP contribution in [0, 0.1) is 24.0 Å². The van der Waals surface area contributed by atoms with Crippen molar-refractivity contribution in [2.75, 3.05) is 10.6 Å². The van der Waals surface area contributed by atoms with Gasteiger partial charge in [-0.05, 0) is 49.7 Å². The van der Waals surface area contributed by atoms with Crippen LogP contribution >= 0.6 is 11.6 Å². The Hall–Kier alpha value is -3.72. The van der Waals surface area contributed by atoms with Crippen molar-refractivity contribution in [3.05, 3.63) is 80.1 Å². The van der Waals surface area contributed by atoms with E-state index in [9.17, 15) is 19.7 Å². The molecule has 1 aromatic heterocycles. The minimum atomic E-state index is -0.434. The summed E-state index contributed by atoms with van der Waals surface area (Å²) in [5.74, 6) is -0.564. The van der Waals surface area contributed by atoms with Gasteiger partial charge in [-0.1, -0.05) is 23.7 Å². The molecule has 0 radical (unpaired) electrons. The quantitative estimate of drug-likeness (QED) is 0.436. The molecule has 0 aliphatic carbocycles. The molecule has 0 aliphatic heterocycles. The first-order valence-electron chi connectivity index (χ1n) is 9.31. The molecule has 31 heavy (non-hydrogen) atoms. The summed E-state index contributed by atoms with van der Waals surface area (Å²) < 4.78 is 1.57. The second-order valence-electron chi connectivity index (χ2n) is 6.96. The van der Waals surface area contributed by atoms with E-state index >= 15 is 0 Å². The summed E-state index contributed by atoms with van der Waals surface area (Å²) in [4.78, 5) is 34.4. The highest BCUT2D eigenvalue weighted by Gasteiger charge is 2.21. The number of nitrogens with zero attached hydrogens (tertiary/aromatic N) is 3. The predicted octanol–water partition coefficient (Wildman–Crippen LogP) is 4.32. The average Bonchev–Trinajstić information content (AvgIpc) is 2.97. The highest BCUT2D eigenvalue weighted by Crippen LogP contribution is 2.26. The number of benzene rings is 2. The maximum absolute atomic E-state index is 12.5. The van der Waals surface area contributed by atoms with Gasteiger partial charge >= 0.3 is 5.69 Å². The Morgan fingerprint density at radius 1 is 1.13 bits per heavy atom. The number of nitrogens with one attached hydrogen (secondary N) is 2. The second-order valence-corrected chi connectivity index (χ2v) is 7.37. The number of halogens is 1. The van der Waals surface area contributed by atoms with Crippen molar-refractivity contribution in [2.45, 2.75) is 27.3 Å². The predicted molar refractivity (Wildman–Crippen MR) is 118 cm³/mol. The molecule has 0 unspecified atom stereocenters. The number of nitro groups is 1. The Morgan fingerprint density at radius 3 is 2.35 bits per heavy atom. The number of aromatic nitrogens is 2. The third-order valence-electron chi connectivity index (χ3n) is 4.61. The number of hydrogen-bond donors (Lipinski definition) is 2. The second kappa shape index (κ2) is 8.97. The Balaban J connectivity index is 1.70. The lowest BCUT2D eigenvalue weighted by Gasteiger charge is -2.10. The first-order chi connectivity index (χ1) is 14.7. The van der Waals surface area contributed by atoms with Crippen LogP contribution in [0.5, 0.6) is 0 Å². The van der Waals surface area contributed by atoms with Crippen LogP contribution in [-0.4, -0.2) is 26.5 Å². The van der Waals surface area contributed by atoms with Crippen LogP contribution in [0.1, 0.15) is 34.2 Å². The van der Waals surface area contributed by atoms with E-state index in [1.54, 1.807) is 61.0 Å². The molecular formula is C21H20ClN5O4. The molecule has 160 valence electrons. The lowest BCUT2D eigenvalue weighted by Crippen LogP contribution is -2.12. The van der Waals surface area contributed by atoms with Crippen molar-refractivity contribution in [2.24, 2.45) is 0 Å². The lowest BCUT2D eigenvalue weighted by atomic mass is 10.1. The molecule has 2 aromatic carbocycles. The molecule has 0 bridgehead atoms. The van der Waals surface area contributed by atoms with Gasteiger partial charge in [0.15, 0.2) is 0 Å². The molecule has 3 rings (SSSR count). The molecule has 10 heteroatoms. The molecule has 0 atom stereocenters. The van der Waals surface area contributed by atoms with Gasteiger partial charge < -0.3 is 10.6 Å². The third kappa shape index (κ3) is 5.07. The minimum Gasteiger partial charge on any atom is -0.325 e. The Morgan fingerprint density at radius 2 is 1.81 bits per heavy atom. The molecule has 0 fully saturated rings. The smallest absolute Gasteiger partial charge is 0.312 e. The summed E-state index contributed by atoms with van der Waals surface area (Å²) in [5.41, 5.74) is 3.08. The van der Waals surface area contributed by atoms with Crippen molar-refractivity contribution >= 4 is 40.5 Å². The zero-order valence-corrected chi connectivity index (χ0v) is 17.9. The summed E-state index contributed by atoms with van der Waals surface area (Å²) in [6.45, 7) is 4.99. The molecule has 3 aromatic rings. The summed E-state index contributed by atoms with van der Waals surface area (Å²) in [6, 6.07) is 11.7. The summed E-state index contributed by atoms with van der Waals surface area (Å²) in [7, 11) is 0. The van der Waals surface area contributed by atoms with Gasteiger partial charge in [-0.15, -0.1) is 0 Å². The van der Waals surface area contributed by atoms with Crippen molar-refractivity contribution in [3.8, 4) is 0 Å². The Labute approximate surface area is 183 Å². The van der Waals surface area contributed by atoms with Gasteiger partial charge in [0.1, 0.15) is 11.4 Å². The average molecular weight is 442 g/mol. The van der Waals surface area contributed by atoms with Crippen molar-refractivity contribution in [1.29, 1.82) is 0 Å². The van der Waals surface area contributed by atoms with Crippen molar-refractivity contribution in [3.63, 3.8) is 0 Å². The molecule has 0 saturated heterocycles. The summed E-state index contributed by atoms with van der Waals surface area (Å²) in [5, 5.41) is 21.0. The minimum absolute atomic E-state index is 0.0131. The number of amides is 2. The molecular weight excluding hydrogens is 422 g/mol. The highest BCUT2D eigenvalue weighted by molar-refractivity contribution is 6.34. The van der Waals surface area contributed by atoms with Gasteiger partial charge in [0.2, 0.25) is 5.91 Å². The van der Waals surface area contributed by atoms with E-state index in [-0.39, 0.29) is 17.5 Å². The monoisotopic (exact) mass is 441 g/mol. The van der Waals surface area contributed by atoms with Gasteiger partial charge in [0.25, 0.3) is 5.91 Å². The molecule has 0 aliphatic rings. The highest BCUT2D eigenvalue weighted by atomic mass is 35.5. The van der Waals surface area contributed by atoms with Gasteiger partial charge in [-0.3, -0.25) is 24.4 Å². The topological polar surface area (TPSA) is 119 Å². The van der Waals surface area contributed by atoms with Crippen molar-refractivity contribution < 1.29 is 14.5 Å². The van der Waals surface area contributed by atoms with Crippen LogP contribution in [0.2, 0.25) is 5.02 Å². The van der Waals surface area contributed by atoms with Crippen LogP contribution in [0.25, 0.3) is 0 Å². The lowest BCUT2D eigenvalue weighted by molar-refractivity contribution is -0.386. The fourth-order valence-corrected chi connectivity index (χ4v) is 3.36. The van der Waals surface area contributed by atoms with Crippen LogP contribution in [0.4, 0.5) is 17.1 Å². The number of rotatable bonds is 6. The van der Waals surface area contributed by atoms with Gasteiger partial charge in [0.05, 0.1) is 22.2 Å². The van der Waals surface area contributed by atoms with Crippen LogP contribution in [0.3, 0.4) is 0 Å². The van der Waals surface area contributed by atoms with Gasteiger partial charge in [-0.25, -0.2) is 0 Å². The number of anilines is 2. The summed E-state index contributed by atoms with van der Waals surface area (Å²) in [6.07, 6.45) is 0. The Bertz CT molecular complexity index is 1170. The normalized spacial score (nSPS) is 10.6. The van der Waals surface area contributed by atoms with Gasteiger partial charge in [-0.2, -0.15) is 5.10 Å². The number of carbonyl (C=O) groups is 2. The zero-order valence-electron chi connectivity index (χ0n) is 17.1. The van der Waals surface area contributed by atoms with Gasteiger partial charge in [0, 0.05) is 18.2 Å². The maximum atomic E-state index is 12.5. The molecule has 2 N–H and O–H groups in total. The standard InChI is InChI=1S/C21H20ClN5O4/c1-12-20(27(30)31)13(2)26(25-12)11-15-4-6-16(7-5-15)21(29)24-17-8-9-19(18(22)10-17)23-14(3)28/h4-10H,11H2,1-3H3,(H,23,28)(H,24,29). The third-order valence-corrected chi connectivity index (χ3v) is 4.92. The van der Waals surface area contributed by atoms with Crippen LogP contribution < -0.4 is 10.6 Å². The maximum Gasteiger partial charge on any atom is 0.312 e. The zero-order chi connectivity index (χ0) is 22.7. The molecule has 0 saturated carbocycles. The van der Waals surface area contributed by atoms with E-state index in [1.165, 1.54) is 6.92 Å². The van der Waals surface area contributed by atoms with E-state index in [0.717, 1.165) is 5.56 Å². The number of hydrogen-bond acceptors (Lipinski definition) is 5.